The number of ether oxygens (including phenoxy) is 2. The summed E-state index contributed by atoms with van der Waals surface area (Å²) in [6, 6.07) is 10.0. The standard InChI is InChI=1S/C19H17NO5S/c1-24-13-7-12-15(8-14(13)25-2)26-9-20-17(12)16(19(22)23)10-5-3-4-6-11(10)18(20)21/h3-8,16-17H,9H2,1-2H3,(H,22,23)/t16-,17+/m0/s1. The molecule has 2 aliphatic rings. The Balaban J connectivity index is 1.94. The number of carbonyl (C=O) groups excluding carboxylic acids is 1. The van der Waals surface area contributed by atoms with Crippen LogP contribution < -0.4 is 9.47 Å². The Kier molecular flexibility index (Phi) is 4.03. The predicted molar refractivity (Wildman–Crippen MR) is 96.0 cm³/mol. The van der Waals surface area contributed by atoms with Crippen molar-refractivity contribution in [3.8, 4) is 11.5 Å². The number of carbonyl (C=O) groups is 2. The van der Waals surface area contributed by atoms with Gasteiger partial charge in [-0.25, -0.2) is 0 Å². The summed E-state index contributed by atoms with van der Waals surface area (Å²) >= 11 is 1.49. The van der Waals surface area contributed by atoms with Gasteiger partial charge in [0.15, 0.2) is 11.5 Å². The van der Waals surface area contributed by atoms with Crippen LogP contribution >= 0.6 is 11.8 Å². The van der Waals surface area contributed by atoms with Crippen LogP contribution in [-0.4, -0.2) is 42.0 Å². The highest BCUT2D eigenvalue weighted by molar-refractivity contribution is 7.99. The molecule has 2 aromatic rings. The van der Waals surface area contributed by atoms with Gasteiger partial charge in [0.2, 0.25) is 0 Å². The third-order valence-corrected chi connectivity index (χ3v) is 5.97. The Morgan fingerprint density at radius 2 is 1.85 bits per heavy atom. The van der Waals surface area contributed by atoms with E-state index < -0.39 is 17.9 Å². The number of thioether (sulfide) groups is 1. The Morgan fingerprint density at radius 1 is 1.15 bits per heavy atom. The number of aliphatic carboxylic acids is 1. The summed E-state index contributed by atoms with van der Waals surface area (Å²) in [6.45, 7) is 0. The number of nitrogens with zero attached hydrogens (tertiary/aromatic N) is 1. The molecule has 0 saturated carbocycles. The fourth-order valence-electron chi connectivity index (χ4n) is 3.72. The van der Waals surface area contributed by atoms with Crippen molar-refractivity contribution in [1.29, 1.82) is 0 Å². The van der Waals surface area contributed by atoms with Crippen LogP contribution in [0.1, 0.15) is 33.4 Å². The summed E-state index contributed by atoms with van der Waals surface area (Å²) in [6.07, 6.45) is 0. The number of carboxylic acids is 1. The van der Waals surface area contributed by atoms with Crippen molar-refractivity contribution in [2.45, 2.75) is 16.9 Å². The van der Waals surface area contributed by atoms with Gasteiger partial charge in [-0.15, -0.1) is 11.8 Å². The Morgan fingerprint density at radius 3 is 2.54 bits per heavy atom. The number of benzene rings is 2. The van der Waals surface area contributed by atoms with Crippen molar-refractivity contribution >= 4 is 23.6 Å². The first kappa shape index (κ1) is 16.8. The zero-order valence-corrected chi connectivity index (χ0v) is 15.1. The fraction of sp³-hybridized carbons (Fsp3) is 0.263. The number of fused-ring (bicyclic) bond motifs is 4. The molecule has 1 amide bonds. The van der Waals surface area contributed by atoms with Gasteiger partial charge >= 0.3 is 5.97 Å². The van der Waals surface area contributed by atoms with E-state index in [0.29, 0.717) is 28.5 Å². The van der Waals surface area contributed by atoms with Gasteiger partial charge in [0.25, 0.3) is 5.91 Å². The summed E-state index contributed by atoms with van der Waals surface area (Å²) in [5, 5.41) is 9.96. The van der Waals surface area contributed by atoms with Crippen LogP contribution in [0.4, 0.5) is 0 Å². The maximum absolute atomic E-state index is 13.0. The number of methoxy groups -OCH3 is 2. The Bertz CT molecular complexity index is 913. The zero-order valence-electron chi connectivity index (χ0n) is 14.3. The van der Waals surface area contributed by atoms with Crippen LogP contribution in [0.5, 0.6) is 11.5 Å². The minimum absolute atomic E-state index is 0.143. The second kappa shape index (κ2) is 6.25. The smallest absolute Gasteiger partial charge is 0.313 e. The van der Waals surface area contributed by atoms with E-state index in [-0.39, 0.29) is 5.91 Å². The molecule has 0 fully saturated rings. The van der Waals surface area contributed by atoms with Gasteiger partial charge in [-0.05, 0) is 29.3 Å². The highest BCUT2D eigenvalue weighted by Gasteiger charge is 2.47. The first-order valence-corrected chi connectivity index (χ1v) is 9.06. The normalized spacial score (nSPS) is 20.7. The lowest BCUT2D eigenvalue weighted by atomic mass is 9.80. The number of carboxylic acid groups (broad SMARTS) is 1. The molecule has 7 heteroatoms. The van der Waals surface area contributed by atoms with Gasteiger partial charge in [-0.3, -0.25) is 9.59 Å². The van der Waals surface area contributed by atoms with Gasteiger partial charge in [-0.2, -0.15) is 0 Å². The molecule has 134 valence electrons. The van der Waals surface area contributed by atoms with Gasteiger partial charge < -0.3 is 19.5 Å². The third kappa shape index (κ3) is 2.34. The van der Waals surface area contributed by atoms with Crippen LogP contribution in [0.15, 0.2) is 41.3 Å². The number of rotatable bonds is 3. The molecule has 2 heterocycles. The number of hydrogen-bond acceptors (Lipinski definition) is 5. The molecule has 2 atom stereocenters. The highest BCUT2D eigenvalue weighted by Crippen LogP contribution is 2.51. The van der Waals surface area contributed by atoms with E-state index in [1.807, 2.05) is 6.07 Å². The molecule has 2 aliphatic heterocycles. The van der Waals surface area contributed by atoms with Crippen molar-refractivity contribution in [2.75, 3.05) is 20.1 Å². The van der Waals surface area contributed by atoms with Crippen molar-refractivity contribution in [3.05, 3.63) is 53.1 Å². The quantitative estimate of drug-likeness (QED) is 0.893. The second-order valence-corrected chi connectivity index (χ2v) is 7.13. The average Bonchev–Trinajstić information content (AvgIpc) is 2.66. The average molecular weight is 371 g/mol. The summed E-state index contributed by atoms with van der Waals surface area (Å²) in [4.78, 5) is 27.7. The molecule has 1 N–H and O–H groups in total. The van der Waals surface area contributed by atoms with Crippen LogP contribution in [0.3, 0.4) is 0 Å². The fourth-order valence-corrected chi connectivity index (χ4v) is 4.81. The number of hydrogen-bond donors (Lipinski definition) is 1. The van der Waals surface area contributed by atoms with Crippen molar-refractivity contribution in [2.24, 2.45) is 0 Å². The molecule has 0 spiro atoms. The SMILES string of the molecule is COc1cc2c(cc1OC)[C@@H]1[C@@H](C(=O)O)c3ccccc3C(=O)N1CS2. The molecule has 2 aromatic carbocycles. The molecule has 4 rings (SSSR count). The molecule has 6 nitrogen and oxygen atoms in total. The monoisotopic (exact) mass is 371 g/mol. The first-order valence-electron chi connectivity index (χ1n) is 8.08. The Labute approximate surface area is 154 Å². The van der Waals surface area contributed by atoms with Crippen LogP contribution in [0.2, 0.25) is 0 Å². The Hall–Kier alpha value is -2.67. The summed E-state index contributed by atoms with van der Waals surface area (Å²) in [5.41, 5.74) is 1.79. The van der Waals surface area contributed by atoms with Crippen molar-refractivity contribution in [1.82, 2.24) is 4.90 Å². The van der Waals surface area contributed by atoms with E-state index in [1.165, 1.54) is 18.9 Å². The van der Waals surface area contributed by atoms with E-state index in [1.54, 1.807) is 42.3 Å². The number of amides is 1. The lowest BCUT2D eigenvalue weighted by Crippen LogP contribution is -2.46. The van der Waals surface area contributed by atoms with E-state index in [2.05, 4.69) is 0 Å². The van der Waals surface area contributed by atoms with Gasteiger partial charge in [0.05, 0.1) is 26.1 Å². The van der Waals surface area contributed by atoms with Crippen LogP contribution in [0.25, 0.3) is 0 Å². The third-order valence-electron chi connectivity index (χ3n) is 4.90. The summed E-state index contributed by atoms with van der Waals surface area (Å²) in [5.74, 6) is -0.430. The molecule has 0 aliphatic carbocycles. The maximum atomic E-state index is 13.0. The molecule has 0 bridgehead atoms. The van der Waals surface area contributed by atoms with Gasteiger partial charge in [-0.1, -0.05) is 18.2 Å². The maximum Gasteiger partial charge on any atom is 0.313 e. The molecule has 0 unspecified atom stereocenters. The van der Waals surface area contributed by atoms with E-state index in [4.69, 9.17) is 9.47 Å². The predicted octanol–water partition coefficient (Wildman–Crippen LogP) is 3.13. The first-order chi connectivity index (χ1) is 12.6. The zero-order chi connectivity index (χ0) is 18.4. The topological polar surface area (TPSA) is 76.1 Å². The van der Waals surface area contributed by atoms with Crippen LogP contribution in [-0.2, 0) is 4.79 Å². The van der Waals surface area contributed by atoms with Gasteiger partial charge in [0, 0.05) is 10.5 Å². The molecule has 26 heavy (non-hydrogen) atoms. The largest absolute Gasteiger partial charge is 0.493 e. The van der Waals surface area contributed by atoms with Gasteiger partial charge in [0.1, 0.15) is 5.92 Å². The highest BCUT2D eigenvalue weighted by atomic mass is 32.2. The van der Waals surface area contributed by atoms with E-state index in [0.717, 1.165) is 10.5 Å². The van der Waals surface area contributed by atoms with Crippen LogP contribution in [0, 0.1) is 0 Å². The van der Waals surface area contributed by atoms with E-state index >= 15 is 0 Å². The molecular weight excluding hydrogens is 354 g/mol. The lowest BCUT2D eigenvalue weighted by molar-refractivity contribution is -0.140. The minimum Gasteiger partial charge on any atom is -0.493 e. The molecule has 0 radical (unpaired) electrons. The summed E-state index contributed by atoms with van der Waals surface area (Å²) < 4.78 is 10.7. The lowest BCUT2D eigenvalue weighted by Gasteiger charge is -2.44. The molecular formula is C19H17NO5S. The second-order valence-electron chi connectivity index (χ2n) is 6.14. The minimum atomic E-state index is -0.951. The summed E-state index contributed by atoms with van der Waals surface area (Å²) in [7, 11) is 3.10. The molecule has 0 aromatic heterocycles. The molecule has 0 saturated heterocycles. The van der Waals surface area contributed by atoms with E-state index in [9.17, 15) is 14.7 Å². The van der Waals surface area contributed by atoms with Crippen molar-refractivity contribution in [3.63, 3.8) is 0 Å². The van der Waals surface area contributed by atoms with Crippen molar-refractivity contribution < 1.29 is 24.2 Å².